The highest BCUT2D eigenvalue weighted by atomic mass is 32.2. The summed E-state index contributed by atoms with van der Waals surface area (Å²) < 4.78 is 34.0. The van der Waals surface area contributed by atoms with E-state index >= 15 is 0 Å². The number of fused-ring (bicyclic) bond motifs is 1. The summed E-state index contributed by atoms with van der Waals surface area (Å²) in [5.74, 6) is 0. The van der Waals surface area contributed by atoms with Gasteiger partial charge < -0.3 is 4.74 Å². The smallest absolute Gasteiger partial charge is 0.261 e. The van der Waals surface area contributed by atoms with E-state index in [1.807, 2.05) is 45.9 Å². The second-order valence-corrected chi connectivity index (χ2v) is 8.69. The van der Waals surface area contributed by atoms with Gasteiger partial charge in [-0.1, -0.05) is 18.2 Å². The van der Waals surface area contributed by atoms with Crippen LogP contribution in [0.2, 0.25) is 0 Å². The number of benzene rings is 2. The number of anilines is 1. The van der Waals surface area contributed by atoms with Gasteiger partial charge in [0.05, 0.1) is 22.8 Å². The zero-order chi connectivity index (χ0) is 17.5. The molecule has 0 atom stereocenters. The van der Waals surface area contributed by atoms with Crippen LogP contribution in [0, 0.1) is 13.8 Å². The fourth-order valence-corrected chi connectivity index (χ4v) is 4.10. The minimum absolute atomic E-state index is 0.268. The molecule has 1 heterocycles. The molecule has 2 aromatic carbocycles. The van der Waals surface area contributed by atoms with Crippen molar-refractivity contribution in [3.63, 3.8) is 0 Å². The van der Waals surface area contributed by atoms with Crippen molar-refractivity contribution in [3.8, 4) is 0 Å². The molecule has 0 amide bonds. The van der Waals surface area contributed by atoms with Crippen molar-refractivity contribution < 1.29 is 13.2 Å². The molecule has 128 valence electrons. The molecule has 1 aliphatic rings. The van der Waals surface area contributed by atoms with Crippen LogP contribution >= 0.6 is 0 Å². The van der Waals surface area contributed by atoms with E-state index in [0.717, 1.165) is 22.3 Å². The molecule has 0 aliphatic carbocycles. The van der Waals surface area contributed by atoms with Crippen molar-refractivity contribution in [2.75, 3.05) is 4.72 Å². The summed E-state index contributed by atoms with van der Waals surface area (Å²) in [4.78, 5) is 0.292. The summed E-state index contributed by atoms with van der Waals surface area (Å²) in [6.45, 7) is 8.44. The van der Waals surface area contributed by atoms with Crippen molar-refractivity contribution in [3.05, 3.63) is 58.7 Å². The minimum atomic E-state index is -3.61. The fraction of sp³-hybridized carbons (Fsp3) is 0.368. The quantitative estimate of drug-likeness (QED) is 0.916. The lowest BCUT2D eigenvalue weighted by Crippen LogP contribution is -2.32. The summed E-state index contributed by atoms with van der Waals surface area (Å²) in [5, 5.41) is 0. The van der Waals surface area contributed by atoms with Gasteiger partial charge in [-0.3, -0.25) is 4.72 Å². The fourth-order valence-electron chi connectivity index (χ4n) is 2.92. The first-order chi connectivity index (χ1) is 11.2. The van der Waals surface area contributed by atoms with Gasteiger partial charge >= 0.3 is 0 Å². The molecule has 0 aromatic heterocycles. The lowest BCUT2D eigenvalue weighted by Gasteiger charge is -2.32. The van der Waals surface area contributed by atoms with Gasteiger partial charge in [-0.05, 0) is 68.1 Å². The molecule has 0 radical (unpaired) electrons. The summed E-state index contributed by atoms with van der Waals surface area (Å²) in [7, 11) is -3.61. The maximum absolute atomic E-state index is 12.8. The van der Waals surface area contributed by atoms with Gasteiger partial charge in [0, 0.05) is 6.42 Å². The second-order valence-electron chi connectivity index (χ2n) is 7.01. The Labute approximate surface area is 143 Å². The maximum Gasteiger partial charge on any atom is 0.261 e. The van der Waals surface area contributed by atoms with Gasteiger partial charge in [-0.15, -0.1) is 0 Å². The molecule has 3 rings (SSSR count). The van der Waals surface area contributed by atoms with Crippen LogP contribution in [0.15, 0.2) is 41.3 Å². The van der Waals surface area contributed by atoms with Crippen molar-refractivity contribution in [2.45, 2.75) is 51.2 Å². The van der Waals surface area contributed by atoms with Crippen molar-refractivity contribution in [1.82, 2.24) is 0 Å². The highest BCUT2D eigenvalue weighted by Crippen LogP contribution is 2.30. The van der Waals surface area contributed by atoms with E-state index in [4.69, 9.17) is 4.74 Å². The molecule has 2 aromatic rings. The van der Waals surface area contributed by atoms with Crippen molar-refractivity contribution in [1.29, 1.82) is 0 Å². The molecule has 0 saturated heterocycles. The molecular weight excluding hydrogens is 322 g/mol. The van der Waals surface area contributed by atoms with E-state index < -0.39 is 10.0 Å². The third kappa shape index (κ3) is 3.32. The first-order valence-electron chi connectivity index (χ1n) is 8.03. The summed E-state index contributed by atoms with van der Waals surface area (Å²) >= 11 is 0. The lowest BCUT2D eigenvalue weighted by atomic mass is 9.92. The number of nitrogens with one attached hydrogen (secondary N) is 1. The Morgan fingerprint density at radius 3 is 2.58 bits per heavy atom. The number of ether oxygens (including phenoxy) is 1. The van der Waals surface area contributed by atoms with E-state index in [1.165, 1.54) is 0 Å². The van der Waals surface area contributed by atoms with Gasteiger partial charge in [0.1, 0.15) is 0 Å². The summed E-state index contributed by atoms with van der Waals surface area (Å²) in [6.07, 6.45) is 0.704. The van der Waals surface area contributed by atoms with Crippen LogP contribution in [0.3, 0.4) is 0 Å². The van der Waals surface area contributed by atoms with Crippen LogP contribution in [-0.4, -0.2) is 14.0 Å². The van der Waals surface area contributed by atoms with E-state index in [9.17, 15) is 8.42 Å². The largest absolute Gasteiger partial charge is 0.371 e. The van der Waals surface area contributed by atoms with Gasteiger partial charge in [0.2, 0.25) is 0 Å². The van der Waals surface area contributed by atoms with Gasteiger partial charge in [0.25, 0.3) is 10.0 Å². The Hall–Kier alpha value is -1.85. The molecule has 0 spiro atoms. The normalized spacial score (nSPS) is 16.5. The molecule has 0 bridgehead atoms. The third-order valence-electron chi connectivity index (χ3n) is 4.57. The van der Waals surface area contributed by atoms with Crippen LogP contribution < -0.4 is 4.72 Å². The number of hydrogen-bond acceptors (Lipinski definition) is 3. The SMILES string of the molecule is Cc1cccc(NS(=O)(=O)c2ccc3c(c2)CC(C)(C)OC3)c1C. The van der Waals surface area contributed by atoms with E-state index in [0.29, 0.717) is 23.6 Å². The standard InChI is InChI=1S/C19H23NO3S/c1-13-6-5-7-18(14(13)2)20-24(21,22)17-9-8-15-12-23-19(3,4)11-16(15)10-17/h5-10,20H,11-12H2,1-4H3. The Morgan fingerprint density at radius 2 is 1.83 bits per heavy atom. The van der Waals surface area contributed by atoms with Gasteiger partial charge in [-0.2, -0.15) is 0 Å². The van der Waals surface area contributed by atoms with E-state index in [1.54, 1.807) is 18.2 Å². The Balaban J connectivity index is 1.95. The molecule has 5 heteroatoms. The average molecular weight is 345 g/mol. The molecule has 1 N–H and O–H groups in total. The van der Waals surface area contributed by atoms with Crippen molar-refractivity contribution >= 4 is 15.7 Å². The highest BCUT2D eigenvalue weighted by Gasteiger charge is 2.27. The number of sulfonamides is 1. The Morgan fingerprint density at radius 1 is 1.08 bits per heavy atom. The first kappa shape index (κ1) is 17.0. The molecule has 0 saturated carbocycles. The van der Waals surface area contributed by atoms with E-state index in [2.05, 4.69) is 4.72 Å². The van der Waals surface area contributed by atoms with Crippen LogP contribution in [0.1, 0.15) is 36.1 Å². The molecule has 1 aliphatic heterocycles. The molecule has 24 heavy (non-hydrogen) atoms. The van der Waals surface area contributed by atoms with Crippen LogP contribution in [0.5, 0.6) is 0 Å². The highest BCUT2D eigenvalue weighted by molar-refractivity contribution is 7.92. The number of rotatable bonds is 3. The first-order valence-corrected chi connectivity index (χ1v) is 9.51. The average Bonchev–Trinajstić information content (AvgIpc) is 2.50. The van der Waals surface area contributed by atoms with Crippen LogP contribution in [0.4, 0.5) is 5.69 Å². The number of aryl methyl sites for hydroxylation is 1. The molecule has 4 nitrogen and oxygen atoms in total. The van der Waals surface area contributed by atoms with Gasteiger partial charge in [-0.25, -0.2) is 8.42 Å². The molecule has 0 unspecified atom stereocenters. The monoisotopic (exact) mass is 345 g/mol. The van der Waals surface area contributed by atoms with Crippen LogP contribution in [0.25, 0.3) is 0 Å². The Bertz CT molecular complexity index is 885. The minimum Gasteiger partial charge on any atom is -0.371 e. The number of hydrogen-bond donors (Lipinski definition) is 1. The lowest BCUT2D eigenvalue weighted by molar-refractivity contribution is -0.0401. The van der Waals surface area contributed by atoms with Gasteiger partial charge in [0.15, 0.2) is 0 Å². The second kappa shape index (κ2) is 5.90. The predicted octanol–water partition coefficient (Wildman–Crippen LogP) is 3.96. The zero-order valence-corrected chi connectivity index (χ0v) is 15.3. The molecular formula is C19H23NO3S. The third-order valence-corrected chi connectivity index (χ3v) is 5.93. The van der Waals surface area contributed by atoms with Crippen LogP contribution in [-0.2, 0) is 27.8 Å². The van der Waals surface area contributed by atoms with E-state index in [-0.39, 0.29) is 5.60 Å². The maximum atomic E-state index is 12.8. The predicted molar refractivity (Wildman–Crippen MR) is 95.7 cm³/mol. The van der Waals surface area contributed by atoms with Crippen molar-refractivity contribution in [2.24, 2.45) is 0 Å². The molecule has 0 fully saturated rings. The zero-order valence-electron chi connectivity index (χ0n) is 14.5. The topological polar surface area (TPSA) is 55.4 Å². The summed E-state index contributed by atoms with van der Waals surface area (Å²) in [6, 6.07) is 10.9. The Kier molecular flexibility index (Phi) is 4.18. The summed E-state index contributed by atoms with van der Waals surface area (Å²) in [5.41, 5.74) is 4.44.